The minimum absolute atomic E-state index is 0.0863. The van der Waals surface area contributed by atoms with Gasteiger partial charge in [-0.25, -0.2) is 0 Å². The minimum Gasteiger partial charge on any atom is -0.385 e. The van der Waals surface area contributed by atoms with Gasteiger partial charge < -0.3 is 15.0 Å². The van der Waals surface area contributed by atoms with Crippen molar-refractivity contribution in [1.29, 1.82) is 5.26 Å². The van der Waals surface area contributed by atoms with Gasteiger partial charge in [0.1, 0.15) is 6.07 Å². The predicted molar refractivity (Wildman–Crippen MR) is 98.7 cm³/mol. The Morgan fingerprint density at radius 1 is 1.40 bits per heavy atom. The Bertz CT molecular complexity index is 811. The largest absolute Gasteiger partial charge is 0.385 e. The van der Waals surface area contributed by atoms with Crippen LogP contribution in [0.15, 0.2) is 18.3 Å². The molecule has 0 aliphatic heterocycles. The summed E-state index contributed by atoms with van der Waals surface area (Å²) >= 11 is 0. The van der Waals surface area contributed by atoms with Crippen LogP contribution in [0, 0.1) is 25.2 Å². The Kier molecular flexibility index (Phi) is 6.31. The molecule has 0 bridgehead atoms. The molecule has 0 radical (unpaired) electrons. The third kappa shape index (κ3) is 4.46. The average molecular weight is 340 g/mol. The number of carbonyl (C=O) groups is 1. The molecule has 25 heavy (non-hydrogen) atoms. The number of methoxy groups -OCH3 is 1. The number of ether oxygens (including phenoxy) is 1. The van der Waals surface area contributed by atoms with Crippen LogP contribution in [-0.4, -0.2) is 44.7 Å². The van der Waals surface area contributed by atoms with Gasteiger partial charge in [0, 0.05) is 38.9 Å². The van der Waals surface area contributed by atoms with E-state index in [0.29, 0.717) is 18.7 Å². The fraction of sp³-hybridized carbons (Fsp3) is 0.421. The number of benzene rings is 1. The van der Waals surface area contributed by atoms with E-state index in [2.05, 4.69) is 22.4 Å². The average Bonchev–Trinajstić information content (AvgIpc) is 2.57. The Hall–Kier alpha value is -2.65. The van der Waals surface area contributed by atoms with Crippen molar-refractivity contribution in [3.05, 3.63) is 35.0 Å². The zero-order chi connectivity index (χ0) is 18.4. The first-order valence-corrected chi connectivity index (χ1v) is 8.24. The van der Waals surface area contributed by atoms with Crippen LogP contribution in [0.1, 0.15) is 23.1 Å². The molecule has 1 aromatic carbocycles. The molecule has 0 aliphatic rings. The third-order valence-corrected chi connectivity index (χ3v) is 4.01. The topological polar surface area (TPSA) is 78.2 Å². The van der Waals surface area contributed by atoms with Gasteiger partial charge in [-0.15, -0.1) is 0 Å². The predicted octanol–water partition coefficient (Wildman–Crippen LogP) is 2.31. The number of anilines is 1. The number of rotatable bonds is 7. The molecule has 132 valence electrons. The summed E-state index contributed by atoms with van der Waals surface area (Å²) in [6, 6.07) is 6.26. The molecule has 0 unspecified atom stereocenters. The van der Waals surface area contributed by atoms with Gasteiger partial charge in [0.15, 0.2) is 0 Å². The summed E-state index contributed by atoms with van der Waals surface area (Å²) in [6.07, 6.45) is 2.35. The SMILES string of the molecule is COCCCNC(=O)CN(C)c1c(C#N)cnc2c(C)cc(C)cc12. The van der Waals surface area contributed by atoms with Crippen LogP contribution >= 0.6 is 0 Å². The first-order chi connectivity index (χ1) is 12.0. The van der Waals surface area contributed by atoms with E-state index in [0.717, 1.165) is 34.1 Å². The molecular formula is C19H24N4O2. The van der Waals surface area contributed by atoms with E-state index in [-0.39, 0.29) is 12.5 Å². The third-order valence-electron chi connectivity index (χ3n) is 4.01. The van der Waals surface area contributed by atoms with E-state index in [9.17, 15) is 10.1 Å². The van der Waals surface area contributed by atoms with E-state index in [1.54, 1.807) is 13.3 Å². The fourth-order valence-corrected chi connectivity index (χ4v) is 2.93. The molecule has 0 atom stereocenters. The molecule has 1 heterocycles. The van der Waals surface area contributed by atoms with Crippen molar-refractivity contribution in [3.8, 4) is 6.07 Å². The summed E-state index contributed by atoms with van der Waals surface area (Å²) in [5.41, 5.74) is 4.21. The molecule has 0 aliphatic carbocycles. The maximum absolute atomic E-state index is 12.2. The van der Waals surface area contributed by atoms with E-state index in [1.807, 2.05) is 31.9 Å². The minimum atomic E-state index is -0.0863. The molecular weight excluding hydrogens is 316 g/mol. The Labute approximate surface area is 148 Å². The Morgan fingerprint density at radius 3 is 2.84 bits per heavy atom. The van der Waals surface area contributed by atoms with Crippen molar-refractivity contribution in [2.24, 2.45) is 0 Å². The second kappa shape index (κ2) is 8.45. The lowest BCUT2D eigenvalue weighted by atomic mass is 10.0. The zero-order valence-electron chi connectivity index (χ0n) is 15.2. The number of likely N-dealkylation sites (N-methyl/N-ethyl adjacent to an activating group) is 1. The van der Waals surface area contributed by atoms with Gasteiger partial charge in [-0.1, -0.05) is 11.6 Å². The van der Waals surface area contributed by atoms with E-state index >= 15 is 0 Å². The van der Waals surface area contributed by atoms with Crippen molar-refractivity contribution in [2.75, 3.05) is 38.8 Å². The summed E-state index contributed by atoms with van der Waals surface area (Å²) in [4.78, 5) is 18.4. The number of hydrogen-bond acceptors (Lipinski definition) is 5. The lowest BCUT2D eigenvalue weighted by molar-refractivity contribution is -0.119. The van der Waals surface area contributed by atoms with Gasteiger partial charge in [-0.3, -0.25) is 9.78 Å². The summed E-state index contributed by atoms with van der Waals surface area (Å²) in [6.45, 7) is 5.37. The number of amides is 1. The van der Waals surface area contributed by atoms with Gasteiger partial charge in [0.25, 0.3) is 0 Å². The summed E-state index contributed by atoms with van der Waals surface area (Å²) < 4.78 is 4.97. The van der Waals surface area contributed by atoms with Crippen LogP contribution in [0.2, 0.25) is 0 Å². The number of carbonyl (C=O) groups excluding carboxylic acids is 1. The van der Waals surface area contributed by atoms with Crippen LogP contribution < -0.4 is 10.2 Å². The van der Waals surface area contributed by atoms with Crippen LogP contribution in [0.5, 0.6) is 0 Å². The van der Waals surface area contributed by atoms with Crippen molar-refractivity contribution >= 4 is 22.5 Å². The molecule has 2 rings (SSSR count). The smallest absolute Gasteiger partial charge is 0.239 e. The number of pyridine rings is 1. The molecule has 0 fully saturated rings. The van der Waals surface area contributed by atoms with E-state index < -0.39 is 0 Å². The van der Waals surface area contributed by atoms with Crippen LogP contribution in [-0.2, 0) is 9.53 Å². The normalized spacial score (nSPS) is 10.5. The number of hydrogen-bond donors (Lipinski definition) is 1. The van der Waals surface area contributed by atoms with Crippen molar-refractivity contribution < 1.29 is 9.53 Å². The molecule has 6 heteroatoms. The monoisotopic (exact) mass is 340 g/mol. The quantitative estimate of drug-likeness (QED) is 0.783. The van der Waals surface area contributed by atoms with Gasteiger partial charge in [0.05, 0.1) is 23.3 Å². The molecule has 1 aromatic heterocycles. The molecule has 0 spiro atoms. The Balaban J connectivity index is 2.29. The van der Waals surface area contributed by atoms with Gasteiger partial charge in [-0.05, 0) is 31.9 Å². The second-order valence-electron chi connectivity index (χ2n) is 6.16. The molecule has 0 saturated heterocycles. The summed E-state index contributed by atoms with van der Waals surface area (Å²) in [7, 11) is 3.46. The number of aromatic nitrogens is 1. The number of nitrogens with zero attached hydrogens (tertiary/aromatic N) is 3. The highest BCUT2D eigenvalue weighted by atomic mass is 16.5. The Morgan fingerprint density at radius 2 is 2.16 bits per heavy atom. The fourth-order valence-electron chi connectivity index (χ4n) is 2.93. The maximum atomic E-state index is 12.2. The standard InChI is InChI=1S/C19H24N4O2/c1-13-8-14(2)18-16(9-13)19(15(10-20)11-22-18)23(3)12-17(24)21-6-5-7-25-4/h8-9,11H,5-7,12H2,1-4H3,(H,21,24). The first kappa shape index (κ1) is 18.7. The molecule has 1 N–H and O–H groups in total. The van der Waals surface area contributed by atoms with E-state index in [1.165, 1.54) is 0 Å². The van der Waals surface area contributed by atoms with Crippen molar-refractivity contribution in [3.63, 3.8) is 0 Å². The highest BCUT2D eigenvalue weighted by molar-refractivity contribution is 5.97. The van der Waals surface area contributed by atoms with E-state index in [4.69, 9.17) is 4.74 Å². The zero-order valence-corrected chi connectivity index (χ0v) is 15.2. The molecule has 6 nitrogen and oxygen atoms in total. The van der Waals surface area contributed by atoms with Crippen molar-refractivity contribution in [1.82, 2.24) is 10.3 Å². The van der Waals surface area contributed by atoms with Gasteiger partial charge in [0.2, 0.25) is 5.91 Å². The van der Waals surface area contributed by atoms with Crippen LogP contribution in [0.3, 0.4) is 0 Å². The molecule has 0 saturated carbocycles. The second-order valence-corrected chi connectivity index (χ2v) is 6.16. The molecule has 1 amide bonds. The van der Waals surface area contributed by atoms with Crippen LogP contribution in [0.4, 0.5) is 5.69 Å². The summed E-state index contributed by atoms with van der Waals surface area (Å²) in [5, 5.41) is 13.2. The number of nitrogens with one attached hydrogen (secondary N) is 1. The highest BCUT2D eigenvalue weighted by Crippen LogP contribution is 2.31. The van der Waals surface area contributed by atoms with Crippen LogP contribution in [0.25, 0.3) is 10.9 Å². The number of nitriles is 1. The first-order valence-electron chi connectivity index (χ1n) is 8.24. The summed E-state index contributed by atoms with van der Waals surface area (Å²) in [5.74, 6) is -0.0863. The van der Waals surface area contributed by atoms with Gasteiger partial charge >= 0.3 is 0 Å². The lowest BCUT2D eigenvalue weighted by Gasteiger charge is -2.22. The number of fused-ring (bicyclic) bond motifs is 1. The highest BCUT2D eigenvalue weighted by Gasteiger charge is 2.16. The van der Waals surface area contributed by atoms with Crippen molar-refractivity contribution in [2.45, 2.75) is 20.3 Å². The number of aryl methyl sites for hydroxylation is 2. The maximum Gasteiger partial charge on any atom is 0.239 e. The molecule has 2 aromatic rings. The lowest BCUT2D eigenvalue weighted by Crippen LogP contribution is -2.36. The van der Waals surface area contributed by atoms with Gasteiger partial charge in [-0.2, -0.15) is 5.26 Å².